The molecule has 0 aliphatic heterocycles. The molecule has 0 aliphatic carbocycles. The van der Waals surface area contributed by atoms with Crippen LogP contribution in [0.4, 0.5) is 0 Å². The summed E-state index contributed by atoms with van der Waals surface area (Å²) in [6.07, 6.45) is 9.29. The van der Waals surface area contributed by atoms with E-state index in [1.165, 1.54) is 32.1 Å². The number of aromatic nitrogens is 2. The fourth-order valence-electron chi connectivity index (χ4n) is 1.82. The lowest BCUT2D eigenvalue weighted by Crippen LogP contribution is -2.18. The van der Waals surface area contributed by atoms with E-state index in [0.29, 0.717) is 6.42 Å². The van der Waals surface area contributed by atoms with Crippen molar-refractivity contribution >= 4 is 0 Å². The molecule has 0 amide bonds. The van der Waals surface area contributed by atoms with E-state index in [-0.39, 0.29) is 6.04 Å². The Hall–Kier alpha value is -0.900. The van der Waals surface area contributed by atoms with Crippen LogP contribution < -0.4 is 5.73 Å². The molecule has 0 spiro atoms. The molecule has 1 rings (SSSR count). The monoisotopic (exact) mass is 239 g/mol. The zero-order valence-corrected chi connectivity index (χ0v) is 11.1. The van der Waals surface area contributed by atoms with Gasteiger partial charge in [0.1, 0.15) is 0 Å². The quantitative estimate of drug-likeness (QED) is 0.673. The van der Waals surface area contributed by atoms with Crippen LogP contribution in [-0.2, 0) is 12.8 Å². The Morgan fingerprint density at radius 2 is 1.88 bits per heavy atom. The molecule has 98 valence electrons. The average molecular weight is 239 g/mol. The van der Waals surface area contributed by atoms with Gasteiger partial charge in [-0.3, -0.25) is 0 Å². The van der Waals surface area contributed by atoms with Gasteiger partial charge < -0.3 is 10.3 Å². The van der Waals surface area contributed by atoms with Gasteiger partial charge in [0.05, 0.1) is 0 Å². The number of nitrogens with zero attached hydrogens (tertiary/aromatic N) is 2. The van der Waals surface area contributed by atoms with Gasteiger partial charge in [-0.15, -0.1) is 0 Å². The summed E-state index contributed by atoms with van der Waals surface area (Å²) < 4.78 is 5.18. The van der Waals surface area contributed by atoms with E-state index >= 15 is 0 Å². The minimum atomic E-state index is 0.0921. The Kier molecular flexibility index (Phi) is 6.86. The van der Waals surface area contributed by atoms with Crippen LogP contribution in [0, 0.1) is 0 Å². The third kappa shape index (κ3) is 6.41. The lowest BCUT2D eigenvalue weighted by atomic mass is 10.1. The van der Waals surface area contributed by atoms with Crippen molar-refractivity contribution in [1.82, 2.24) is 10.1 Å². The maximum Gasteiger partial charge on any atom is 0.226 e. The number of rotatable bonds is 9. The molecule has 4 nitrogen and oxygen atoms in total. The van der Waals surface area contributed by atoms with Gasteiger partial charge in [0.15, 0.2) is 5.82 Å². The van der Waals surface area contributed by atoms with E-state index in [2.05, 4.69) is 17.1 Å². The molecule has 0 bridgehead atoms. The summed E-state index contributed by atoms with van der Waals surface area (Å²) in [5.41, 5.74) is 5.68. The first-order valence-corrected chi connectivity index (χ1v) is 6.79. The first kappa shape index (κ1) is 14.2. The van der Waals surface area contributed by atoms with Crippen molar-refractivity contribution in [2.24, 2.45) is 5.73 Å². The third-order valence-corrected chi connectivity index (χ3v) is 2.76. The summed E-state index contributed by atoms with van der Waals surface area (Å²) in [4.78, 5) is 4.33. The Balaban J connectivity index is 2.12. The minimum absolute atomic E-state index is 0.0921. The average Bonchev–Trinajstić information content (AvgIpc) is 2.70. The molecule has 4 heteroatoms. The molecular weight excluding hydrogens is 214 g/mol. The Bertz CT molecular complexity index is 297. The number of hydrogen-bond donors (Lipinski definition) is 1. The summed E-state index contributed by atoms with van der Waals surface area (Å²) >= 11 is 0. The maximum atomic E-state index is 5.68. The van der Waals surface area contributed by atoms with E-state index in [9.17, 15) is 0 Å². The van der Waals surface area contributed by atoms with Gasteiger partial charge in [0, 0.05) is 18.9 Å². The van der Waals surface area contributed by atoms with Gasteiger partial charge in [-0.1, -0.05) is 44.2 Å². The molecule has 0 saturated carbocycles. The third-order valence-electron chi connectivity index (χ3n) is 2.76. The van der Waals surface area contributed by atoms with Gasteiger partial charge in [0.25, 0.3) is 0 Å². The van der Waals surface area contributed by atoms with Crippen molar-refractivity contribution in [3.8, 4) is 0 Å². The summed E-state index contributed by atoms with van der Waals surface area (Å²) in [6, 6.07) is 0.0921. The van der Waals surface area contributed by atoms with Crippen LogP contribution in [0.2, 0.25) is 0 Å². The van der Waals surface area contributed by atoms with Crippen molar-refractivity contribution in [2.45, 2.75) is 71.3 Å². The molecule has 0 fully saturated rings. The first-order chi connectivity index (χ1) is 8.22. The van der Waals surface area contributed by atoms with E-state index in [1.807, 2.05) is 6.92 Å². The van der Waals surface area contributed by atoms with Crippen molar-refractivity contribution in [2.75, 3.05) is 0 Å². The van der Waals surface area contributed by atoms with Gasteiger partial charge in [-0.2, -0.15) is 4.98 Å². The van der Waals surface area contributed by atoms with Gasteiger partial charge in [-0.25, -0.2) is 0 Å². The second-order valence-electron chi connectivity index (χ2n) is 4.80. The van der Waals surface area contributed by atoms with Gasteiger partial charge >= 0.3 is 0 Å². The Morgan fingerprint density at radius 1 is 1.18 bits per heavy atom. The molecule has 1 aromatic rings. The molecule has 0 saturated heterocycles. The van der Waals surface area contributed by atoms with Gasteiger partial charge in [0.2, 0.25) is 5.89 Å². The summed E-state index contributed by atoms with van der Waals surface area (Å²) in [5, 5.41) is 3.92. The molecule has 1 aromatic heterocycles. The number of hydrogen-bond acceptors (Lipinski definition) is 4. The van der Waals surface area contributed by atoms with E-state index in [0.717, 1.165) is 24.6 Å². The van der Waals surface area contributed by atoms with E-state index in [4.69, 9.17) is 10.3 Å². The second kappa shape index (κ2) is 8.23. The molecule has 1 unspecified atom stereocenters. The van der Waals surface area contributed by atoms with Crippen LogP contribution in [-0.4, -0.2) is 16.2 Å². The highest BCUT2D eigenvalue weighted by Gasteiger charge is 2.07. The lowest BCUT2D eigenvalue weighted by Gasteiger charge is -1.98. The van der Waals surface area contributed by atoms with Crippen LogP contribution in [0.25, 0.3) is 0 Å². The van der Waals surface area contributed by atoms with Crippen molar-refractivity contribution in [1.29, 1.82) is 0 Å². The number of nitrogens with two attached hydrogens (primary N) is 1. The van der Waals surface area contributed by atoms with Crippen LogP contribution in [0.1, 0.15) is 64.1 Å². The van der Waals surface area contributed by atoms with E-state index < -0.39 is 0 Å². The topological polar surface area (TPSA) is 64.9 Å². The molecule has 2 N–H and O–H groups in total. The molecule has 1 atom stereocenters. The standard InChI is InChI=1S/C13H25N3O/c1-3-4-5-6-7-8-9-13-15-12(16-17-13)10-11(2)14/h11H,3-10,14H2,1-2H3. The summed E-state index contributed by atoms with van der Waals surface area (Å²) in [7, 11) is 0. The van der Waals surface area contributed by atoms with Crippen molar-refractivity contribution in [3.63, 3.8) is 0 Å². The second-order valence-corrected chi connectivity index (χ2v) is 4.80. The SMILES string of the molecule is CCCCCCCCc1nc(CC(C)N)no1. The van der Waals surface area contributed by atoms with Crippen LogP contribution >= 0.6 is 0 Å². The lowest BCUT2D eigenvalue weighted by molar-refractivity contribution is 0.367. The van der Waals surface area contributed by atoms with Crippen LogP contribution in [0.3, 0.4) is 0 Å². The molecular formula is C13H25N3O. The van der Waals surface area contributed by atoms with Crippen molar-refractivity contribution in [3.05, 3.63) is 11.7 Å². The van der Waals surface area contributed by atoms with E-state index in [1.54, 1.807) is 0 Å². The number of unbranched alkanes of at least 4 members (excludes halogenated alkanes) is 5. The predicted molar refractivity (Wildman–Crippen MR) is 68.7 cm³/mol. The Labute approximate surface area is 104 Å². The highest BCUT2D eigenvalue weighted by Crippen LogP contribution is 2.09. The molecule has 0 radical (unpaired) electrons. The largest absolute Gasteiger partial charge is 0.339 e. The number of aryl methyl sites for hydroxylation is 1. The summed E-state index contributed by atoms with van der Waals surface area (Å²) in [6.45, 7) is 4.18. The van der Waals surface area contributed by atoms with Crippen molar-refractivity contribution < 1.29 is 4.52 Å². The fraction of sp³-hybridized carbons (Fsp3) is 0.846. The highest BCUT2D eigenvalue weighted by atomic mass is 16.5. The zero-order chi connectivity index (χ0) is 12.5. The molecule has 17 heavy (non-hydrogen) atoms. The molecule has 0 aromatic carbocycles. The Morgan fingerprint density at radius 3 is 2.59 bits per heavy atom. The van der Waals surface area contributed by atoms with Crippen LogP contribution in [0.5, 0.6) is 0 Å². The zero-order valence-electron chi connectivity index (χ0n) is 11.1. The predicted octanol–water partition coefficient (Wildman–Crippen LogP) is 2.86. The molecule has 1 heterocycles. The normalized spacial score (nSPS) is 12.9. The smallest absolute Gasteiger partial charge is 0.226 e. The minimum Gasteiger partial charge on any atom is -0.339 e. The highest BCUT2D eigenvalue weighted by molar-refractivity contribution is 4.88. The first-order valence-electron chi connectivity index (χ1n) is 6.79. The molecule has 0 aliphatic rings. The van der Waals surface area contributed by atoms with Crippen LogP contribution in [0.15, 0.2) is 4.52 Å². The maximum absolute atomic E-state index is 5.68. The fourth-order valence-corrected chi connectivity index (χ4v) is 1.82. The van der Waals surface area contributed by atoms with Gasteiger partial charge in [-0.05, 0) is 13.3 Å². The summed E-state index contributed by atoms with van der Waals surface area (Å²) in [5.74, 6) is 1.50.